The van der Waals surface area contributed by atoms with E-state index in [1.807, 2.05) is 13.8 Å². The maximum atomic E-state index is 10.9. The Hall–Kier alpha value is -0.790. The Bertz CT molecular complexity index is 148. The summed E-state index contributed by atoms with van der Waals surface area (Å²) in [6.45, 7) is 9.45. The van der Waals surface area contributed by atoms with Crippen LogP contribution < -0.4 is 0 Å². The van der Waals surface area contributed by atoms with Crippen molar-refractivity contribution >= 4 is 5.97 Å². The topological polar surface area (TPSA) is 26.3 Å². The lowest BCUT2D eigenvalue weighted by molar-refractivity contribution is -0.140. The first-order valence-electron chi connectivity index (χ1n) is 3.82. The fraction of sp³-hybridized carbons (Fsp3) is 0.667. The van der Waals surface area contributed by atoms with Gasteiger partial charge in [-0.1, -0.05) is 33.8 Å². The Morgan fingerprint density at radius 2 is 2.18 bits per heavy atom. The predicted octanol–water partition coefficient (Wildman–Crippen LogP) is 2.50. The Kier molecular flexibility index (Phi) is 3.86. The number of esters is 1. The molecule has 11 heavy (non-hydrogen) atoms. The minimum atomic E-state index is -0.202. The predicted molar refractivity (Wildman–Crippen MR) is 45.0 cm³/mol. The summed E-state index contributed by atoms with van der Waals surface area (Å²) in [4.78, 5) is 10.9. The largest absolute Gasteiger partial charge is 0.435 e. The highest BCUT2D eigenvalue weighted by atomic mass is 16.5. The lowest BCUT2D eigenvalue weighted by Crippen LogP contribution is -2.16. The van der Waals surface area contributed by atoms with Crippen LogP contribution in [0.5, 0.6) is 0 Å². The minimum Gasteiger partial charge on any atom is -0.435 e. The van der Waals surface area contributed by atoms with E-state index < -0.39 is 0 Å². The summed E-state index contributed by atoms with van der Waals surface area (Å²) in [7, 11) is 0. The molecule has 0 amide bonds. The average molecular weight is 156 g/mol. The van der Waals surface area contributed by atoms with Gasteiger partial charge in [-0.2, -0.15) is 0 Å². The zero-order valence-electron chi connectivity index (χ0n) is 7.52. The molecule has 0 atom stereocenters. The molecule has 0 heterocycles. The van der Waals surface area contributed by atoms with Gasteiger partial charge in [0, 0.05) is 0 Å². The summed E-state index contributed by atoms with van der Waals surface area (Å²) in [6.07, 6.45) is 2.60. The van der Waals surface area contributed by atoms with Crippen LogP contribution in [-0.4, -0.2) is 5.97 Å². The Morgan fingerprint density at radius 3 is 2.55 bits per heavy atom. The van der Waals surface area contributed by atoms with E-state index in [0.29, 0.717) is 6.42 Å². The normalized spacial score (nSPS) is 10.8. The Labute approximate surface area is 68.2 Å². The summed E-state index contributed by atoms with van der Waals surface area (Å²) in [5, 5.41) is 0. The van der Waals surface area contributed by atoms with Crippen LogP contribution in [-0.2, 0) is 9.53 Å². The molecular weight excluding hydrogens is 140 g/mol. The van der Waals surface area contributed by atoms with Crippen molar-refractivity contribution in [2.45, 2.75) is 33.6 Å². The number of hydrogen-bond donors (Lipinski definition) is 0. The second-order valence-corrected chi connectivity index (χ2v) is 3.35. The van der Waals surface area contributed by atoms with Crippen LogP contribution >= 0.6 is 0 Å². The van der Waals surface area contributed by atoms with E-state index in [1.54, 1.807) is 0 Å². The lowest BCUT2D eigenvalue weighted by atomic mass is 9.87. The third-order valence-electron chi connectivity index (χ3n) is 1.79. The molecule has 0 bridgehead atoms. The second-order valence-electron chi connectivity index (χ2n) is 3.35. The van der Waals surface area contributed by atoms with Crippen LogP contribution in [0.3, 0.4) is 0 Å². The molecule has 0 saturated heterocycles. The molecule has 0 aliphatic heterocycles. The van der Waals surface area contributed by atoms with Crippen LogP contribution in [0.25, 0.3) is 0 Å². The molecule has 2 nitrogen and oxygen atoms in total. The van der Waals surface area contributed by atoms with Gasteiger partial charge in [0.05, 0.1) is 12.7 Å². The van der Waals surface area contributed by atoms with E-state index in [4.69, 9.17) is 0 Å². The van der Waals surface area contributed by atoms with E-state index in [-0.39, 0.29) is 11.4 Å². The molecule has 0 aromatic carbocycles. The number of carbonyl (C=O) groups is 1. The van der Waals surface area contributed by atoms with Crippen molar-refractivity contribution in [2.24, 2.45) is 5.41 Å². The van der Waals surface area contributed by atoms with Gasteiger partial charge in [-0.05, 0) is 5.41 Å². The van der Waals surface area contributed by atoms with Crippen LogP contribution in [0.4, 0.5) is 0 Å². The Morgan fingerprint density at radius 1 is 1.64 bits per heavy atom. The summed E-state index contributed by atoms with van der Waals surface area (Å²) in [6, 6.07) is 0. The van der Waals surface area contributed by atoms with Crippen LogP contribution in [0.15, 0.2) is 12.8 Å². The van der Waals surface area contributed by atoms with Gasteiger partial charge >= 0.3 is 5.97 Å². The molecule has 64 valence electrons. The fourth-order valence-electron chi connectivity index (χ4n) is 0.650. The summed E-state index contributed by atoms with van der Waals surface area (Å²) in [5.41, 5.74) is 0.0418. The first-order chi connectivity index (χ1) is 5.02. The van der Waals surface area contributed by atoms with Crippen molar-refractivity contribution in [2.75, 3.05) is 0 Å². The van der Waals surface area contributed by atoms with Crippen LogP contribution in [0, 0.1) is 5.41 Å². The second kappa shape index (κ2) is 4.16. The monoisotopic (exact) mass is 156 g/mol. The quantitative estimate of drug-likeness (QED) is 0.461. The van der Waals surface area contributed by atoms with Crippen molar-refractivity contribution in [1.82, 2.24) is 0 Å². The molecule has 2 heteroatoms. The van der Waals surface area contributed by atoms with Gasteiger partial charge in [0.1, 0.15) is 0 Å². The average Bonchev–Trinajstić information content (AvgIpc) is 1.87. The summed E-state index contributed by atoms with van der Waals surface area (Å²) >= 11 is 0. The van der Waals surface area contributed by atoms with Gasteiger partial charge in [0.2, 0.25) is 0 Å². The van der Waals surface area contributed by atoms with Crippen molar-refractivity contribution < 1.29 is 9.53 Å². The highest BCUT2D eigenvalue weighted by molar-refractivity contribution is 5.70. The van der Waals surface area contributed by atoms with Gasteiger partial charge in [0.15, 0.2) is 0 Å². The van der Waals surface area contributed by atoms with E-state index in [9.17, 15) is 4.79 Å². The molecule has 0 fully saturated rings. The van der Waals surface area contributed by atoms with Gasteiger partial charge < -0.3 is 4.74 Å². The third kappa shape index (κ3) is 4.59. The van der Waals surface area contributed by atoms with E-state index in [0.717, 1.165) is 6.42 Å². The molecule has 0 rings (SSSR count). The molecule has 0 saturated carbocycles. The van der Waals surface area contributed by atoms with E-state index in [2.05, 4.69) is 18.2 Å². The van der Waals surface area contributed by atoms with Crippen molar-refractivity contribution in [1.29, 1.82) is 0 Å². The maximum Gasteiger partial charge on any atom is 0.311 e. The highest BCUT2D eigenvalue weighted by Gasteiger charge is 2.19. The third-order valence-corrected chi connectivity index (χ3v) is 1.79. The van der Waals surface area contributed by atoms with Gasteiger partial charge in [-0.25, -0.2) is 0 Å². The molecular formula is C9H16O2. The Balaban J connectivity index is 3.82. The van der Waals surface area contributed by atoms with E-state index >= 15 is 0 Å². The fourth-order valence-corrected chi connectivity index (χ4v) is 0.650. The number of ether oxygens (including phenoxy) is 1. The first-order valence-corrected chi connectivity index (χ1v) is 3.82. The van der Waals surface area contributed by atoms with Crippen molar-refractivity contribution in [3.8, 4) is 0 Å². The van der Waals surface area contributed by atoms with Gasteiger partial charge in [-0.3, -0.25) is 4.79 Å². The van der Waals surface area contributed by atoms with Crippen LogP contribution in [0.2, 0.25) is 0 Å². The zero-order chi connectivity index (χ0) is 8.91. The van der Waals surface area contributed by atoms with Crippen molar-refractivity contribution in [3.63, 3.8) is 0 Å². The molecule has 0 aromatic rings. The minimum absolute atomic E-state index is 0.0418. The molecule has 0 unspecified atom stereocenters. The number of rotatable bonds is 4. The standard InChI is InChI=1S/C9H16O2/c1-5-9(3,4)7-8(10)11-6-2/h6H,2,5,7H2,1,3-4H3. The SMILES string of the molecule is C=COC(=O)CC(C)(C)CC. The number of hydrogen-bond acceptors (Lipinski definition) is 2. The van der Waals surface area contributed by atoms with Gasteiger partial charge in [0.25, 0.3) is 0 Å². The highest BCUT2D eigenvalue weighted by Crippen LogP contribution is 2.24. The van der Waals surface area contributed by atoms with Crippen molar-refractivity contribution in [3.05, 3.63) is 12.8 Å². The smallest absolute Gasteiger partial charge is 0.311 e. The van der Waals surface area contributed by atoms with E-state index in [1.165, 1.54) is 6.26 Å². The zero-order valence-corrected chi connectivity index (χ0v) is 7.52. The summed E-state index contributed by atoms with van der Waals surface area (Å²) < 4.78 is 4.60. The van der Waals surface area contributed by atoms with Crippen LogP contribution in [0.1, 0.15) is 33.6 Å². The number of carbonyl (C=O) groups excluding carboxylic acids is 1. The van der Waals surface area contributed by atoms with Gasteiger partial charge in [-0.15, -0.1) is 0 Å². The molecule has 0 N–H and O–H groups in total. The lowest BCUT2D eigenvalue weighted by Gasteiger charge is -2.19. The summed E-state index contributed by atoms with van der Waals surface area (Å²) in [5.74, 6) is -0.202. The first kappa shape index (κ1) is 10.2. The molecule has 0 aliphatic rings. The molecule has 0 radical (unpaired) electrons. The molecule has 0 aliphatic carbocycles. The molecule has 0 aromatic heterocycles. The maximum absolute atomic E-state index is 10.9. The molecule has 0 spiro atoms.